The number of aliphatic hydroxyl groups is 1. The maximum absolute atomic E-state index is 13.0. The van der Waals surface area contributed by atoms with Gasteiger partial charge in [-0.3, -0.25) is 9.59 Å². The molecule has 39 heavy (non-hydrogen) atoms. The van der Waals surface area contributed by atoms with E-state index >= 15 is 0 Å². The first-order valence-electron chi connectivity index (χ1n) is 13.0. The molecule has 1 amide bonds. The van der Waals surface area contributed by atoms with Crippen molar-refractivity contribution in [3.05, 3.63) is 102 Å². The number of carbonyl (C=O) groups excluding carboxylic acids is 2. The number of aryl methyl sites for hydroxylation is 1. The van der Waals surface area contributed by atoms with Crippen LogP contribution in [-0.4, -0.2) is 47.7 Å². The van der Waals surface area contributed by atoms with E-state index < -0.39 is 0 Å². The first-order valence-corrected chi connectivity index (χ1v) is 13.0. The molecule has 0 aliphatic carbocycles. The fourth-order valence-corrected chi connectivity index (χ4v) is 4.76. The summed E-state index contributed by atoms with van der Waals surface area (Å²) >= 11 is 0. The van der Waals surface area contributed by atoms with Crippen molar-refractivity contribution in [3.63, 3.8) is 0 Å². The van der Waals surface area contributed by atoms with E-state index in [-0.39, 0.29) is 17.8 Å². The number of hydrogen-bond donors (Lipinski definition) is 3. The number of nitrogens with one attached hydrogen (secondary N) is 2. The predicted molar refractivity (Wildman–Crippen MR) is 153 cm³/mol. The molecular formula is C31H32N4O4. The van der Waals surface area contributed by atoms with Crippen molar-refractivity contribution in [1.82, 2.24) is 4.57 Å². The fourth-order valence-electron chi connectivity index (χ4n) is 4.76. The van der Waals surface area contributed by atoms with Crippen LogP contribution in [0.3, 0.4) is 0 Å². The van der Waals surface area contributed by atoms with Crippen LogP contribution in [0, 0.1) is 0 Å². The molecule has 1 fully saturated rings. The molecule has 3 aromatic carbocycles. The zero-order chi connectivity index (χ0) is 27.4. The number of amides is 1. The number of anilines is 4. The molecule has 0 radical (unpaired) electrons. The fraction of sp³-hybridized carbons (Fsp3) is 0.226. The van der Waals surface area contributed by atoms with Crippen LogP contribution in [0.15, 0.2) is 85.1 Å². The SMILES string of the molecule is COc1cc(Nc2ccc(C(=O)c3ccc(NC(=O)c4cccn4C)cc3)cc2)ccc1N1CCC(O)CC1. The maximum Gasteiger partial charge on any atom is 0.272 e. The molecule has 3 N–H and O–H groups in total. The third kappa shape index (κ3) is 5.97. The highest BCUT2D eigenvalue weighted by Gasteiger charge is 2.20. The Morgan fingerprint density at radius 1 is 0.872 bits per heavy atom. The molecule has 1 aliphatic heterocycles. The van der Waals surface area contributed by atoms with Crippen molar-refractivity contribution >= 4 is 34.4 Å². The molecule has 8 nitrogen and oxygen atoms in total. The molecule has 5 rings (SSSR count). The molecule has 0 saturated carbocycles. The first-order chi connectivity index (χ1) is 18.9. The number of ketones is 1. The Labute approximate surface area is 227 Å². The van der Waals surface area contributed by atoms with Gasteiger partial charge in [-0.2, -0.15) is 0 Å². The predicted octanol–water partition coefficient (Wildman–Crippen LogP) is 5.22. The minimum atomic E-state index is -0.227. The lowest BCUT2D eigenvalue weighted by molar-refractivity contribution is 0.101. The molecular weight excluding hydrogens is 492 g/mol. The van der Waals surface area contributed by atoms with E-state index in [2.05, 4.69) is 15.5 Å². The Kier molecular flexibility index (Phi) is 7.65. The van der Waals surface area contributed by atoms with Gasteiger partial charge in [0.25, 0.3) is 5.91 Å². The van der Waals surface area contributed by atoms with Gasteiger partial charge >= 0.3 is 0 Å². The molecule has 1 saturated heterocycles. The van der Waals surface area contributed by atoms with Crippen LogP contribution < -0.4 is 20.3 Å². The lowest BCUT2D eigenvalue weighted by Crippen LogP contribution is -2.35. The van der Waals surface area contributed by atoms with Crippen LogP contribution >= 0.6 is 0 Å². The quantitative estimate of drug-likeness (QED) is 0.274. The molecule has 200 valence electrons. The number of piperidine rings is 1. The molecule has 0 spiro atoms. The van der Waals surface area contributed by atoms with Crippen molar-refractivity contribution in [2.24, 2.45) is 7.05 Å². The number of aliphatic hydroxyl groups excluding tert-OH is 1. The number of nitrogens with zero attached hydrogens (tertiary/aromatic N) is 2. The van der Waals surface area contributed by atoms with Crippen molar-refractivity contribution in [1.29, 1.82) is 0 Å². The van der Waals surface area contributed by atoms with Crippen LogP contribution in [0.2, 0.25) is 0 Å². The van der Waals surface area contributed by atoms with Gasteiger partial charge in [-0.05, 0) is 85.6 Å². The van der Waals surface area contributed by atoms with Crippen LogP contribution in [0.5, 0.6) is 5.75 Å². The Morgan fingerprint density at radius 2 is 1.49 bits per heavy atom. The van der Waals surface area contributed by atoms with E-state index in [1.807, 2.05) is 49.6 Å². The van der Waals surface area contributed by atoms with Crippen LogP contribution in [0.4, 0.5) is 22.7 Å². The highest BCUT2D eigenvalue weighted by atomic mass is 16.5. The summed E-state index contributed by atoms with van der Waals surface area (Å²) in [6, 6.07) is 23.8. The minimum Gasteiger partial charge on any atom is -0.495 e. The van der Waals surface area contributed by atoms with Gasteiger partial charge in [0.15, 0.2) is 5.78 Å². The van der Waals surface area contributed by atoms with Gasteiger partial charge in [0.05, 0.1) is 18.9 Å². The average molecular weight is 525 g/mol. The van der Waals surface area contributed by atoms with Gasteiger partial charge < -0.3 is 29.9 Å². The second-order valence-corrected chi connectivity index (χ2v) is 9.67. The summed E-state index contributed by atoms with van der Waals surface area (Å²) in [7, 11) is 3.47. The molecule has 0 unspecified atom stereocenters. The Morgan fingerprint density at radius 3 is 2.08 bits per heavy atom. The van der Waals surface area contributed by atoms with Crippen molar-refractivity contribution in [2.75, 3.05) is 35.7 Å². The number of ether oxygens (including phenoxy) is 1. The average Bonchev–Trinajstić information content (AvgIpc) is 3.40. The third-order valence-corrected chi connectivity index (χ3v) is 7.00. The van der Waals surface area contributed by atoms with E-state index in [4.69, 9.17) is 4.74 Å². The molecule has 1 aromatic heterocycles. The molecule has 4 aromatic rings. The summed E-state index contributed by atoms with van der Waals surface area (Å²) in [6.45, 7) is 1.59. The maximum atomic E-state index is 13.0. The van der Waals surface area contributed by atoms with Crippen molar-refractivity contribution in [2.45, 2.75) is 18.9 Å². The largest absolute Gasteiger partial charge is 0.495 e. The standard InChI is InChI=1S/C31H32N4O4/c1-34-17-3-4-28(34)31(38)33-24-11-7-22(8-12-24)30(37)21-5-9-23(10-6-21)32-25-13-14-27(29(20-25)39-2)35-18-15-26(36)16-19-35/h3-14,17,20,26,32,36H,15-16,18-19H2,1-2H3,(H,33,38). The number of benzene rings is 3. The number of rotatable bonds is 8. The van der Waals surface area contributed by atoms with E-state index in [0.29, 0.717) is 22.5 Å². The lowest BCUT2D eigenvalue weighted by atomic mass is 10.0. The smallest absolute Gasteiger partial charge is 0.272 e. The van der Waals surface area contributed by atoms with Gasteiger partial charge in [-0.25, -0.2) is 0 Å². The van der Waals surface area contributed by atoms with Crippen LogP contribution in [0.25, 0.3) is 0 Å². The number of methoxy groups -OCH3 is 1. The van der Waals surface area contributed by atoms with Gasteiger partial charge in [0, 0.05) is 60.6 Å². The summed E-state index contributed by atoms with van der Waals surface area (Å²) < 4.78 is 7.39. The number of carbonyl (C=O) groups is 2. The molecule has 2 heterocycles. The highest BCUT2D eigenvalue weighted by Crippen LogP contribution is 2.34. The summed E-state index contributed by atoms with van der Waals surface area (Å²) in [4.78, 5) is 27.7. The monoisotopic (exact) mass is 524 g/mol. The van der Waals surface area contributed by atoms with E-state index in [1.165, 1.54) is 0 Å². The van der Waals surface area contributed by atoms with Crippen molar-refractivity contribution < 1.29 is 19.4 Å². The second kappa shape index (κ2) is 11.4. The molecule has 0 atom stereocenters. The normalized spacial score (nSPS) is 13.7. The lowest BCUT2D eigenvalue weighted by Gasteiger charge is -2.32. The number of aromatic nitrogens is 1. The van der Waals surface area contributed by atoms with E-state index in [1.54, 1.807) is 54.1 Å². The van der Waals surface area contributed by atoms with Crippen LogP contribution in [0.1, 0.15) is 39.3 Å². The van der Waals surface area contributed by atoms with E-state index in [9.17, 15) is 14.7 Å². The number of hydrogen-bond acceptors (Lipinski definition) is 6. The highest BCUT2D eigenvalue weighted by molar-refractivity contribution is 6.09. The van der Waals surface area contributed by atoms with Gasteiger partial charge in [0.2, 0.25) is 0 Å². The summed E-state index contributed by atoms with van der Waals surface area (Å²) in [5, 5.41) is 16.0. The summed E-state index contributed by atoms with van der Waals surface area (Å²) in [5.41, 5.74) is 5.03. The summed E-state index contributed by atoms with van der Waals surface area (Å²) in [6.07, 6.45) is 3.09. The zero-order valence-electron chi connectivity index (χ0n) is 22.1. The van der Waals surface area contributed by atoms with Gasteiger partial charge in [0.1, 0.15) is 11.4 Å². The second-order valence-electron chi connectivity index (χ2n) is 9.67. The van der Waals surface area contributed by atoms with Crippen molar-refractivity contribution in [3.8, 4) is 5.75 Å². The molecule has 1 aliphatic rings. The summed E-state index contributed by atoms with van der Waals surface area (Å²) in [5.74, 6) is 0.467. The minimum absolute atomic E-state index is 0.0977. The van der Waals surface area contributed by atoms with E-state index in [0.717, 1.165) is 48.7 Å². The Bertz CT molecular complexity index is 1450. The first kappa shape index (κ1) is 26.1. The topological polar surface area (TPSA) is 95.8 Å². The molecule has 0 bridgehead atoms. The Balaban J connectivity index is 1.22. The molecule has 8 heteroatoms. The Hall–Kier alpha value is -4.56. The zero-order valence-corrected chi connectivity index (χ0v) is 22.1. The van der Waals surface area contributed by atoms with Crippen LogP contribution in [-0.2, 0) is 7.05 Å². The third-order valence-electron chi connectivity index (χ3n) is 7.00. The van der Waals surface area contributed by atoms with Gasteiger partial charge in [-0.15, -0.1) is 0 Å². The van der Waals surface area contributed by atoms with Gasteiger partial charge in [-0.1, -0.05) is 0 Å².